The van der Waals surface area contributed by atoms with E-state index in [1.807, 2.05) is 30.0 Å². The Kier molecular flexibility index (Phi) is 5.42. The minimum Gasteiger partial charge on any atom is -0.346 e. The van der Waals surface area contributed by atoms with Gasteiger partial charge in [0, 0.05) is 42.4 Å². The van der Waals surface area contributed by atoms with Crippen molar-refractivity contribution in [3.05, 3.63) is 57.2 Å². The molecule has 24 heavy (non-hydrogen) atoms. The highest BCUT2D eigenvalue weighted by atomic mass is 32.1. The van der Waals surface area contributed by atoms with E-state index >= 15 is 0 Å². The Morgan fingerprint density at radius 1 is 1.42 bits per heavy atom. The Morgan fingerprint density at radius 3 is 2.92 bits per heavy atom. The Balaban J connectivity index is 1.67. The Labute approximate surface area is 149 Å². The molecule has 3 heterocycles. The summed E-state index contributed by atoms with van der Waals surface area (Å²) in [5, 5.41) is 10.3. The third kappa shape index (κ3) is 4.30. The van der Waals surface area contributed by atoms with Crippen molar-refractivity contribution in [2.24, 2.45) is 0 Å². The lowest BCUT2D eigenvalue weighted by molar-refractivity contribution is -0.122. The van der Waals surface area contributed by atoms with E-state index < -0.39 is 0 Å². The fourth-order valence-electron chi connectivity index (χ4n) is 2.53. The van der Waals surface area contributed by atoms with Crippen LogP contribution in [0.5, 0.6) is 0 Å². The number of nitrogens with zero attached hydrogens (tertiary/aromatic N) is 3. The highest BCUT2D eigenvalue weighted by molar-refractivity contribution is 7.09. The van der Waals surface area contributed by atoms with Crippen molar-refractivity contribution in [1.82, 2.24) is 19.9 Å². The van der Waals surface area contributed by atoms with Crippen LogP contribution in [0, 0.1) is 6.92 Å². The molecule has 5 nitrogen and oxygen atoms in total. The van der Waals surface area contributed by atoms with Gasteiger partial charge in [0.1, 0.15) is 5.01 Å². The number of thiophene rings is 1. The van der Waals surface area contributed by atoms with E-state index in [1.165, 1.54) is 5.56 Å². The number of carbonyl (C=O) groups excluding carboxylic acids is 1. The number of aryl methyl sites for hydroxylation is 1. The maximum Gasteiger partial charge on any atom is 0.222 e. The van der Waals surface area contributed by atoms with E-state index in [2.05, 4.69) is 32.1 Å². The zero-order chi connectivity index (χ0) is 16.9. The molecule has 0 saturated heterocycles. The number of hydrogen-bond donors (Lipinski definition) is 1. The monoisotopic (exact) mass is 360 g/mol. The van der Waals surface area contributed by atoms with Gasteiger partial charge < -0.3 is 9.88 Å². The predicted octanol–water partition coefficient (Wildman–Crippen LogP) is 3.76. The zero-order valence-electron chi connectivity index (χ0n) is 13.7. The molecular formula is C17H20N4OS2. The number of carbonyl (C=O) groups is 1. The van der Waals surface area contributed by atoms with Crippen LogP contribution in [-0.4, -0.2) is 20.4 Å². The highest BCUT2D eigenvalue weighted by Gasteiger charge is 2.20. The van der Waals surface area contributed by atoms with Gasteiger partial charge in [0.2, 0.25) is 5.91 Å². The zero-order valence-corrected chi connectivity index (χ0v) is 15.3. The van der Waals surface area contributed by atoms with Crippen LogP contribution in [0.15, 0.2) is 40.9 Å². The normalized spacial score (nSPS) is 13.6. The first-order valence-corrected chi connectivity index (χ1v) is 9.64. The van der Waals surface area contributed by atoms with E-state index in [4.69, 9.17) is 0 Å². The standard InChI is InChI=1S/C17H20N4OS2/c1-12-9-24-17(19-12)15(8-14-3-6-23-10-14)20-16(22)7-13(2)21-5-4-18-11-21/h3-6,9-11,13,15H,7-8H2,1-2H3,(H,20,22)/t13-,15-/m0/s1. The van der Waals surface area contributed by atoms with E-state index in [1.54, 1.807) is 35.2 Å². The largest absolute Gasteiger partial charge is 0.346 e. The molecule has 0 aromatic carbocycles. The van der Waals surface area contributed by atoms with Crippen molar-refractivity contribution in [3.8, 4) is 0 Å². The van der Waals surface area contributed by atoms with Crippen LogP contribution in [0.2, 0.25) is 0 Å². The average molecular weight is 361 g/mol. The van der Waals surface area contributed by atoms with E-state index in [0.29, 0.717) is 6.42 Å². The summed E-state index contributed by atoms with van der Waals surface area (Å²) in [4.78, 5) is 21.1. The summed E-state index contributed by atoms with van der Waals surface area (Å²) in [5.41, 5.74) is 2.21. The van der Waals surface area contributed by atoms with Crippen LogP contribution >= 0.6 is 22.7 Å². The van der Waals surface area contributed by atoms with Gasteiger partial charge in [0.05, 0.1) is 12.4 Å². The first-order chi connectivity index (χ1) is 11.6. The highest BCUT2D eigenvalue weighted by Crippen LogP contribution is 2.24. The van der Waals surface area contributed by atoms with Crippen molar-refractivity contribution >= 4 is 28.6 Å². The quantitative estimate of drug-likeness (QED) is 0.698. The molecule has 3 aromatic rings. The number of thiazole rings is 1. The molecule has 2 atom stereocenters. The second-order valence-corrected chi connectivity index (χ2v) is 7.52. The second-order valence-electron chi connectivity index (χ2n) is 5.85. The fourth-order valence-corrected chi connectivity index (χ4v) is 4.06. The molecule has 7 heteroatoms. The van der Waals surface area contributed by atoms with E-state index in [-0.39, 0.29) is 18.0 Å². The minimum atomic E-state index is -0.0826. The fraction of sp³-hybridized carbons (Fsp3) is 0.353. The van der Waals surface area contributed by atoms with Crippen molar-refractivity contribution in [1.29, 1.82) is 0 Å². The third-order valence-electron chi connectivity index (χ3n) is 3.80. The van der Waals surface area contributed by atoms with Gasteiger partial charge in [-0.3, -0.25) is 4.79 Å². The number of nitrogens with one attached hydrogen (secondary N) is 1. The van der Waals surface area contributed by atoms with Gasteiger partial charge in [-0.15, -0.1) is 11.3 Å². The molecule has 0 saturated carbocycles. The summed E-state index contributed by atoms with van der Waals surface area (Å²) in [7, 11) is 0. The van der Waals surface area contributed by atoms with Crippen LogP contribution < -0.4 is 5.32 Å². The number of rotatable bonds is 7. The smallest absolute Gasteiger partial charge is 0.222 e. The van der Waals surface area contributed by atoms with Gasteiger partial charge in [-0.25, -0.2) is 9.97 Å². The first-order valence-electron chi connectivity index (χ1n) is 7.81. The molecular weight excluding hydrogens is 340 g/mol. The van der Waals surface area contributed by atoms with Gasteiger partial charge in [-0.05, 0) is 36.2 Å². The molecule has 126 valence electrons. The topological polar surface area (TPSA) is 59.8 Å². The summed E-state index contributed by atoms with van der Waals surface area (Å²) in [6.45, 7) is 3.99. The molecule has 0 bridgehead atoms. The molecule has 0 aliphatic carbocycles. The molecule has 1 N–H and O–H groups in total. The van der Waals surface area contributed by atoms with Crippen LogP contribution in [0.25, 0.3) is 0 Å². The lowest BCUT2D eigenvalue weighted by Gasteiger charge is -2.18. The van der Waals surface area contributed by atoms with Crippen molar-refractivity contribution in [3.63, 3.8) is 0 Å². The number of aromatic nitrogens is 3. The summed E-state index contributed by atoms with van der Waals surface area (Å²) in [5.74, 6) is 0.0317. The van der Waals surface area contributed by atoms with Crippen molar-refractivity contribution in [2.75, 3.05) is 0 Å². The summed E-state index contributed by atoms with van der Waals surface area (Å²) in [6, 6.07) is 2.09. The third-order valence-corrected chi connectivity index (χ3v) is 5.61. The van der Waals surface area contributed by atoms with Crippen molar-refractivity contribution in [2.45, 2.75) is 38.8 Å². The van der Waals surface area contributed by atoms with Crippen LogP contribution in [0.1, 0.15) is 41.7 Å². The maximum atomic E-state index is 12.5. The van der Waals surface area contributed by atoms with Gasteiger partial charge in [-0.2, -0.15) is 11.3 Å². The maximum absolute atomic E-state index is 12.5. The average Bonchev–Trinajstić information content (AvgIpc) is 3.29. The molecule has 0 spiro atoms. The molecule has 0 unspecified atom stereocenters. The Hall–Kier alpha value is -1.99. The summed E-state index contributed by atoms with van der Waals surface area (Å²) in [6.07, 6.45) is 6.53. The molecule has 3 rings (SSSR count). The van der Waals surface area contributed by atoms with Crippen LogP contribution in [-0.2, 0) is 11.2 Å². The summed E-state index contributed by atoms with van der Waals surface area (Å²) >= 11 is 3.27. The van der Waals surface area contributed by atoms with Crippen molar-refractivity contribution < 1.29 is 4.79 Å². The van der Waals surface area contributed by atoms with Crippen LogP contribution in [0.3, 0.4) is 0 Å². The molecule has 1 amide bonds. The number of hydrogen-bond acceptors (Lipinski definition) is 5. The Bertz CT molecular complexity index is 764. The number of imidazole rings is 1. The molecule has 0 aliphatic rings. The molecule has 0 aliphatic heterocycles. The molecule has 3 aromatic heterocycles. The predicted molar refractivity (Wildman–Crippen MR) is 97.3 cm³/mol. The lowest BCUT2D eigenvalue weighted by atomic mass is 10.1. The SMILES string of the molecule is Cc1csc([C@H](Cc2ccsc2)NC(=O)C[C@H](C)n2ccnc2)n1. The van der Waals surface area contributed by atoms with Gasteiger partial charge in [-0.1, -0.05) is 0 Å². The van der Waals surface area contributed by atoms with Crippen LogP contribution in [0.4, 0.5) is 0 Å². The number of amides is 1. The molecule has 0 fully saturated rings. The minimum absolute atomic E-state index is 0.0317. The Morgan fingerprint density at radius 2 is 2.29 bits per heavy atom. The van der Waals surface area contributed by atoms with Gasteiger partial charge in [0.25, 0.3) is 0 Å². The first kappa shape index (κ1) is 16.9. The summed E-state index contributed by atoms with van der Waals surface area (Å²) < 4.78 is 1.95. The van der Waals surface area contributed by atoms with Gasteiger partial charge in [0.15, 0.2) is 0 Å². The molecule has 0 radical (unpaired) electrons. The van der Waals surface area contributed by atoms with Gasteiger partial charge >= 0.3 is 0 Å². The second kappa shape index (κ2) is 7.72. The van der Waals surface area contributed by atoms with E-state index in [9.17, 15) is 4.79 Å². The lowest BCUT2D eigenvalue weighted by Crippen LogP contribution is -2.31. The van der Waals surface area contributed by atoms with E-state index in [0.717, 1.165) is 17.1 Å².